The number of epoxide rings is 1. The van der Waals surface area contributed by atoms with Gasteiger partial charge in [0.05, 0.1) is 4.92 Å². The molecular formula is C12H11NO3. The highest BCUT2D eigenvalue weighted by Gasteiger charge is 2.55. The molecule has 1 fully saturated rings. The number of allylic oxidation sites excluding steroid dienone is 1. The van der Waals surface area contributed by atoms with Crippen LogP contribution in [0.5, 0.6) is 0 Å². The molecule has 0 amide bonds. The summed E-state index contributed by atoms with van der Waals surface area (Å²) in [6.07, 6.45) is 1.97. The highest BCUT2D eigenvalue weighted by Crippen LogP contribution is 2.57. The normalized spacial score (nSPS) is 29.6. The van der Waals surface area contributed by atoms with Crippen molar-refractivity contribution in [3.63, 3.8) is 0 Å². The van der Waals surface area contributed by atoms with E-state index in [2.05, 4.69) is 0 Å². The Hall–Kier alpha value is -1.84. The highest BCUT2D eigenvalue weighted by atomic mass is 16.6. The van der Waals surface area contributed by atoms with E-state index in [0.29, 0.717) is 0 Å². The first-order chi connectivity index (χ1) is 7.54. The summed E-state index contributed by atoms with van der Waals surface area (Å²) in [5, 5.41) is 11.0. The fourth-order valence-corrected chi connectivity index (χ4v) is 2.49. The minimum absolute atomic E-state index is 0.0437. The average molecular weight is 217 g/mol. The number of hydrogen-bond donors (Lipinski definition) is 0. The van der Waals surface area contributed by atoms with Crippen LogP contribution >= 0.6 is 0 Å². The molecule has 2 unspecified atom stereocenters. The number of hydrogen-bond acceptors (Lipinski definition) is 3. The van der Waals surface area contributed by atoms with Crippen molar-refractivity contribution in [3.05, 3.63) is 51.3 Å². The van der Waals surface area contributed by atoms with Gasteiger partial charge in [-0.1, -0.05) is 19.1 Å². The van der Waals surface area contributed by atoms with E-state index < -0.39 is 5.60 Å². The number of fused-ring (bicyclic) bond motifs is 3. The number of ether oxygens (including phenoxy) is 1. The zero-order valence-corrected chi connectivity index (χ0v) is 9.06. The molecule has 1 aromatic carbocycles. The summed E-state index contributed by atoms with van der Waals surface area (Å²) in [5.41, 5.74) is 1.51. The fraction of sp³-hybridized carbons (Fsp3) is 0.333. The van der Waals surface area contributed by atoms with Gasteiger partial charge in [-0.25, -0.2) is 0 Å². The summed E-state index contributed by atoms with van der Waals surface area (Å²) in [6, 6.07) is 5.19. The molecular weight excluding hydrogens is 206 g/mol. The molecule has 0 radical (unpaired) electrons. The van der Waals surface area contributed by atoms with Gasteiger partial charge in [0.2, 0.25) is 0 Å². The standard InChI is InChI=1S/C12H11NO3/c1-7-6-10-12(2,16-10)8-4-3-5-9(11(7)8)13(14)15/h3-7H,1-2H3. The molecule has 2 aliphatic rings. The lowest BCUT2D eigenvalue weighted by atomic mass is 9.82. The van der Waals surface area contributed by atoms with Gasteiger partial charge in [0.15, 0.2) is 5.60 Å². The Balaban J connectivity index is 2.28. The van der Waals surface area contributed by atoms with Crippen LogP contribution in [0.1, 0.15) is 30.9 Å². The lowest BCUT2D eigenvalue weighted by molar-refractivity contribution is -0.385. The summed E-state index contributed by atoms with van der Waals surface area (Å²) in [5.74, 6) is 0.982. The predicted octanol–water partition coefficient (Wildman–Crippen LogP) is 2.84. The summed E-state index contributed by atoms with van der Waals surface area (Å²) in [6.45, 7) is 3.91. The van der Waals surface area contributed by atoms with Gasteiger partial charge in [0, 0.05) is 23.1 Å². The number of benzene rings is 1. The van der Waals surface area contributed by atoms with Crippen molar-refractivity contribution in [2.75, 3.05) is 0 Å². The molecule has 16 heavy (non-hydrogen) atoms. The van der Waals surface area contributed by atoms with Gasteiger partial charge in [-0.3, -0.25) is 10.1 Å². The van der Waals surface area contributed by atoms with E-state index in [9.17, 15) is 10.1 Å². The van der Waals surface area contributed by atoms with E-state index in [1.165, 1.54) is 0 Å². The largest absolute Gasteiger partial charge is 0.475 e. The van der Waals surface area contributed by atoms with Crippen molar-refractivity contribution in [3.8, 4) is 0 Å². The predicted molar refractivity (Wildman–Crippen MR) is 58.0 cm³/mol. The van der Waals surface area contributed by atoms with Gasteiger partial charge >= 0.3 is 0 Å². The first-order valence-corrected chi connectivity index (χ1v) is 5.23. The van der Waals surface area contributed by atoms with Crippen LogP contribution in [0.15, 0.2) is 30.0 Å². The maximum Gasteiger partial charge on any atom is 0.273 e. The van der Waals surface area contributed by atoms with Crippen LogP contribution in [-0.4, -0.2) is 4.92 Å². The van der Waals surface area contributed by atoms with Crippen LogP contribution in [-0.2, 0) is 10.3 Å². The van der Waals surface area contributed by atoms with E-state index >= 15 is 0 Å². The van der Waals surface area contributed by atoms with Crippen molar-refractivity contribution in [2.24, 2.45) is 0 Å². The molecule has 3 rings (SSSR count). The third kappa shape index (κ3) is 0.988. The first kappa shape index (κ1) is 9.39. The van der Waals surface area contributed by atoms with Crippen molar-refractivity contribution in [1.82, 2.24) is 0 Å². The zero-order chi connectivity index (χ0) is 11.5. The Morgan fingerprint density at radius 1 is 1.50 bits per heavy atom. The van der Waals surface area contributed by atoms with Crippen LogP contribution in [0.2, 0.25) is 0 Å². The minimum atomic E-state index is -0.409. The number of rotatable bonds is 1. The molecule has 0 aromatic heterocycles. The second-order valence-corrected chi connectivity index (χ2v) is 4.45. The molecule has 2 atom stereocenters. The molecule has 1 aromatic rings. The lowest BCUT2D eigenvalue weighted by Crippen LogP contribution is -2.13. The van der Waals surface area contributed by atoms with Crippen molar-refractivity contribution < 1.29 is 9.66 Å². The summed E-state index contributed by atoms with van der Waals surface area (Å²) >= 11 is 0. The van der Waals surface area contributed by atoms with Crippen LogP contribution in [0.25, 0.3) is 0 Å². The van der Waals surface area contributed by atoms with E-state index in [1.807, 2.05) is 26.0 Å². The molecule has 0 saturated carbocycles. The second kappa shape index (κ2) is 2.64. The molecule has 0 spiro atoms. The Bertz CT molecular complexity index is 535. The van der Waals surface area contributed by atoms with Gasteiger partial charge in [0.1, 0.15) is 5.76 Å². The van der Waals surface area contributed by atoms with Crippen LogP contribution in [0, 0.1) is 10.1 Å². The lowest BCUT2D eigenvalue weighted by Gasteiger charge is -2.17. The van der Waals surface area contributed by atoms with E-state index in [0.717, 1.165) is 16.9 Å². The maximum absolute atomic E-state index is 11.0. The Kier molecular flexibility index (Phi) is 1.55. The molecule has 0 bridgehead atoms. The van der Waals surface area contributed by atoms with Crippen LogP contribution in [0.3, 0.4) is 0 Å². The number of nitro benzene ring substituents is 1. The topological polar surface area (TPSA) is 55.7 Å². The molecule has 4 nitrogen and oxygen atoms in total. The Morgan fingerprint density at radius 2 is 2.25 bits per heavy atom. The SMILES string of the molecule is CC1C=C2OC2(C)c2cccc([N+](=O)[O-])c21. The van der Waals surface area contributed by atoms with Gasteiger partial charge in [-0.2, -0.15) is 0 Å². The van der Waals surface area contributed by atoms with Gasteiger partial charge in [-0.15, -0.1) is 0 Å². The third-order valence-electron chi connectivity index (χ3n) is 3.39. The van der Waals surface area contributed by atoms with Crippen molar-refractivity contribution in [2.45, 2.75) is 25.4 Å². The minimum Gasteiger partial charge on any atom is -0.475 e. The van der Waals surface area contributed by atoms with Crippen molar-refractivity contribution >= 4 is 5.69 Å². The van der Waals surface area contributed by atoms with E-state index in [1.54, 1.807) is 12.1 Å². The van der Waals surface area contributed by atoms with Crippen LogP contribution in [0.4, 0.5) is 5.69 Å². The quantitative estimate of drug-likeness (QED) is 0.413. The van der Waals surface area contributed by atoms with Crippen LogP contribution < -0.4 is 0 Å². The number of nitrogens with zero attached hydrogens (tertiary/aromatic N) is 1. The second-order valence-electron chi connectivity index (χ2n) is 4.45. The molecule has 82 valence electrons. The monoisotopic (exact) mass is 217 g/mol. The molecule has 1 aliphatic heterocycles. The van der Waals surface area contributed by atoms with E-state index in [4.69, 9.17) is 4.74 Å². The summed E-state index contributed by atoms with van der Waals surface area (Å²) < 4.78 is 5.54. The highest BCUT2D eigenvalue weighted by molar-refractivity contribution is 5.58. The van der Waals surface area contributed by atoms with Gasteiger partial charge < -0.3 is 4.74 Å². The smallest absolute Gasteiger partial charge is 0.273 e. The maximum atomic E-state index is 11.0. The first-order valence-electron chi connectivity index (χ1n) is 5.23. The summed E-state index contributed by atoms with van der Waals surface area (Å²) in [4.78, 5) is 10.7. The fourth-order valence-electron chi connectivity index (χ4n) is 2.49. The molecule has 1 saturated heterocycles. The zero-order valence-electron chi connectivity index (χ0n) is 9.06. The average Bonchev–Trinajstić information content (AvgIpc) is 2.90. The third-order valence-corrected chi connectivity index (χ3v) is 3.39. The number of nitro groups is 1. The van der Waals surface area contributed by atoms with E-state index in [-0.39, 0.29) is 16.5 Å². The molecule has 1 aliphatic carbocycles. The Morgan fingerprint density at radius 3 is 2.94 bits per heavy atom. The molecule has 1 heterocycles. The molecule has 0 N–H and O–H groups in total. The van der Waals surface area contributed by atoms with Gasteiger partial charge in [-0.05, 0) is 13.0 Å². The summed E-state index contributed by atoms with van der Waals surface area (Å²) in [7, 11) is 0. The molecule has 4 heteroatoms. The Labute approximate surface area is 92.7 Å². The van der Waals surface area contributed by atoms with Gasteiger partial charge in [0.25, 0.3) is 5.69 Å². The van der Waals surface area contributed by atoms with Crippen molar-refractivity contribution in [1.29, 1.82) is 0 Å².